The van der Waals surface area contributed by atoms with Gasteiger partial charge in [-0.3, -0.25) is 9.36 Å². The lowest BCUT2D eigenvalue weighted by Gasteiger charge is -2.20. The SMILES string of the molecule is Cc1ccc(Cl)cc1-n1c(SCc2ccc(F)cc2)nnc1C(C)NC(=O)c1ccc(C(C)(C)C)cc1. The Balaban J connectivity index is 1.62. The number of thioether (sulfide) groups is 1. The Labute approximate surface area is 226 Å². The maximum atomic E-state index is 13.3. The van der Waals surface area contributed by atoms with Crippen molar-refractivity contribution in [3.63, 3.8) is 0 Å². The number of aryl methyl sites for hydroxylation is 1. The maximum Gasteiger partial charge on any atom is 0.251 e. The Hall–Kier alpha value is -3.16. The molecule has 4 rings (SSSR count). The van der Waals surface area contributed by atoms with Crippen LogP contribution in [0.4, 0.5) is 4.39 Å². The van der Waals surface area contributed by atoms with E-state index in [2.05, 4.69) is 36.3 Å². The standard InChI is InChI=1S/C29H30ClFN4OS/c1-18-6-13-23(30)16-25(18)35-26(33-34-28(35)37-17-20-7-14-24(31)15-8-20)19(2)32-27(36)21-9-11-22(12-10-21)29(3,4)5/h6-16,19H,17H2,1-5H3,(H,32,36). The zero-order valence-electron chi connectivity index (χ0n) is 21.5. The summed E-state index contributed by atoms with van der Waals surface area (Å²) in [5.74, 6) is 0.711. The first kappa shape index (κ1) is 26.9. The second-order valence-electron chi connectivity index (χ2n) is 10.0. The predicted octanol–water partition coefficient (Wildman–Crippen LogP) is 7.45. The van der Waals surface area contributed by atoms with Crippen LogP contribution in [0.1, 0.15) is 66.6 Å². The van der Waals surface area contributed by atoms with E-state index in [1.807, 2.05) is 60.9 Å². The van der Waals surface area contributed by atoms with E-state index in [9.17, 15) is 9.18 Å². The van der Waals surface area contributed by atoms with Crippen LogP contribution in [0, 0.1) is 12.7 Å². The summed E-state index contributed by atoms with van der Waals surface area (Å²) < 4.78 is 15.3. The molecule has 8 heteroatoms. The number of rotatable bonds is 7. The fraction of sp³-hybridized carbons (Fsp3) is 0.276. The van der Waals surface area contributed by atoms with Gasteiger partial charge < -0.3 is 5.32 Å². The average molecular weight is 537 g/mol. The van der Waals surface area contributed by atoms with Crippen molar-refractivity contribution in [3.05, 3.63) is 106 Å². The highest BCUT2D eigenvalue weighted by atomic mass is 35.5. The van der Waals surface area contributed by atoms with Gasteiger partial charge in [0.2, 0.25) is 0 Å². The minimum atomic E-state index is -0.430. The molecule has 0 aliphatic rings. The van der Waals surface area contributed by atoms with Crippen molar-refractivity contribution in [1.82, 2.24) is 20.1 Å². The molecule has 37 heavy (non-hydrogen) atoms. The molecule has 1 N–H and O–H groups in total. The van der Waals surface area contributed by atoms with E-state index >= 15 is 0 Å². The monoisotopic (exact) mass is 536 g/mol. The highest BCUT2D eigenvalue weighted by molar-refractivity contribution is 7.98. The van der Waals surface area contributed by atoms with Gasteiger partial charge in [-0.15, -0.1) is 10.2 Å². The molecule has 1 heterocycles. The summed E-state index contributed by atoms with van der Waals surface area (Å²) in [6.45, 7) is 10.3. The third-order valence-electron chi connectivity index (χ3n) is 6.10. The Kier molecular flexibility index (Phi) is 8.05. The van der Waals surface area contributed by atoms with Gasteiger partial charge in [0.25, 0.3) is 5.91 Å². The van der Waals surface area contributed by atoms with Crippen molar-refractivity contribution >= 4 is 29.3 Å². The molecule has 0 aliphatic carbocycles. The van der Waals surface area contributed by atoms with Crippen LogP contribution in [0.15, 0.2) is 71.9 Å². The maximum absolute atomic E-state index is 13.3. The van der Waals surface area contributed by atoms with Crippen LogP contribution in [-0.4, -0.2) is 20.7 Å². The van der Waals surface area contributed by atoms with Crippen LogP contribution in [0.3, 0.4) is 0 Å². The summed E-state index contributed by atoms with van der Waals surface area (Å²) in [7, 11) is 0. The molecule has 1 aromatic heterocycles. The second kappa shape index (κ2) is 11.1. The van der Waals surface area contributed by atoms with Crippen molar-refractivity contribution in [2.75, 3.05) is 0 Å². The van der Waals surface area contributed by atoms with Crippen molar-refractivity contribution < 1.29 is 9.18 Å². The molecular formula is C29H30ClFN4OS. The molecule has 0 radical (unpaired) electrons. The van der Waals surface area contributed by atoms with Crippen LogP contribution in [0.5, 0.6) is 0 Å². The lowest BCUT2D eigenvalue weighted by Crippen LogP contribution is -2.29. The molecule has 0 saturated heterocycles. The minimum Gasteiger partial charge on any atom is -0.342 e. The number of carbonyl (C=O) groups is 1. The first-order valence-electron chi connectivity index (χ1n) is 12.0. The highest BCUT2D eigenvalue weighted by Crippen LogP contribution is 2.30. The first-order valence-corrected chi connectivity index (χ1v) is 13.4. The van der Waals surface area contributed by atoms with Gasteiger partial charge in [0.1, 0.15) is 5.82 Å². The first-order chi connectivity index (χ1) is 17.5. The highest BCUT2D eigenvalue weighted by Gasteiger charge is 2.23. The summed E-state index contributed by atoms with van der Waals surface area (Å²) in [4.78, 5) is 13.1. The predicted molar refractivity (Wildman–Crippen MR) is 148 cm³/mol. The lowest BCUT2D eigenvalue weighted by atomic mass is 9.86. The zero-order chi connectivity index (χ0) is 26.7. The van der Waals surface area contributed by atoms with E-state index in [-0.39, 0.29) is 17.1 Å². The van der Waals surface area contributed by atoms with Gasteiger partial charge >= 0.3 is 0 Å². The van der Waals surface area contributed by atoms with Gasteiger partial charge in [-0.25, -0.2) is 4.39 Å². The fourth-order valence-corrected chi connectivity index (χ4v) is 4.97. The van der Waals surface area contributed by atoms with E-state index in [0.717, 1.165) is 22.4 Å². The summed E-state index contributed by atoms with van der Waals surface area (Å²) in [6.07, 6.45) is 0. The summed E-state index contributed by atoms with van der Waals surface area (Å²) in [5.41, 5.74) is 4.54. The van der Waals surface area contributed by atoms with Crippen molar-refractivity contribution in [3.8, 4) is 5.69 Å². The summed E-state index contributed by atoms with van der Waals surface area (Å²) >= 11 is 7.83. The third-order valence-corrected chi connectivity index (χ3v) is 7.33. The third kappa shape index (κ3) is 6.40. The molecular weight excluding hydrogens is 507 g/mol. The largest absolute Gasteiger partial charge is 0.342 e. The van der Waals surface area contributed by atoms with Gasteiger partial charge in [0.15, 0.2) is 11.0 Å². The molecule has 4 aromatic rings. The number of halogens is 2. The van der Waals surface area contributed by atoms with Crippen LogP contribution in [-0.2, 0) is 11.2 Å². The Morgan fingerprint density at radius 3 is 2.38 bits per heavy atom. The molecule has 0 aliphatic heterocycles. The smallest absolute Gasteiger partial charge is 0.251 e. The van der Waals surface area contributed by atoms with Crippen LogP contribution >= 0.6 is 23.4 Å². The number of hydrogen-bond acceptors (Lipinski definition) is 4. The van der Waals surface area contributed by atoms with E-state index in [1.165, 1.54) is 23.9 Å². The normalized spacial score (nSPS) is 12.4. The molecule has 0 saturated carbocycles. The van der Waals surface area contributed by atoms with Crippen LogP contribution in [0.2, 0.25) is 5.02 Å². The van der Waals surface area contributed by atoms with Crippen molar-refractivity contribution in [1.29, 1.82) is 0 Å². The molecule has 0 fully saturated rings. The zero-order valence-corrected chi connectivity index (χ0v) is 23.1. The number of benzene rings is 3. The van der Waals surface area contributed by atoms with E-state index < -0.39 is 6.04 Å². The van der Waals surface area contributed by atoms with Crippen molar-refractivity contribution in [2.45, 2.75) is 57.0 Å². The molecule has 1 atom stereocenters. The fourth-order valence-electron chi connectivity index (χ4n) is 3.90. The molecule has 1 amide bonds. The van der Waals surface area contributed by atoms with Gasteiger partial charge in [0, 0.05) is 16.3 Å². The summed E-state index contributed by atoms with van der Waals surface area (Å²) in [6, 6.07) is 19.3. The number of amides is 1. The topological polar surface area (TPSA) is 59.8 Å². The molecule has 0 bridgehead atoms. The van der Waals surface area contributed by atoms with E-state index in [0.29, 0.717) is 27.3 Å². The van der Waals surface area contributed by atoms with Crippen molar-refractivity contribution in [2.24, 2.45) is 0 Å². The average Bonchev–Trinajstić information content (AvgIpc) is 3.28. The lowest BCUT2D eigenvalue weighted by molar-refractivity contribution is 0.0938. The van der Waals surface area contributed by atoms with Gasteiger partial charge in [-0.05, 0) is 72.4 Å². The van der Waals surface area contributed by atoms with Gasteiger partial charge in [-0.2, -0.15) is 0 Å². The number of nitrogens with one attached hydrogen (secondary N) is 1. The number of hydrogen-bond donors (Lipinski definition) is 1. The van der Waals surface area contributed by atoms with Gasteiger partial charge in [0.05, 0.1) is 11.7 Å². The Morgan fingerprint density at radius 2 is 1.73 bits per heavy atom. The molecule has 1 unspecified atom stereocenters. The Morgan fingerprint density at radius 1 is 1.05 bits per heavy atom. The van der Waals surface area contributed by atoms with Crippen LogP contribution in [0.25, 0.3) is 5.69 Å². The second-order valence-corrected chi connectivity index (χ2v) is 11.4. The molecule has 3 aromatic carbocycles. The minimum absolute atomic E-state index is 0.00944. The quantitative estimate of drug-likeness (QED) is 0.249. The molecule has 5 nitrogen and oxygen atoms in total. The molecule has 0 spiro atoms. The van der Waals surface area contributed by atoms with E-state index in [1.54, 1.807) is 12.1 Å². The van der Waals surface area contributed by atoms with Crippen LogP contribution < -0.4 is 5.32 Å². The molecule has 192 valence electrons. The summed E-state index contributed by atoms with van der Waals surface area (Å²) in [5, 5.41) is 13.2. The number of carbonyl (C=O) groups excluding carboxylic acids is 1. The van der Waals surface area contributed by atoms with Gasteiger partial charge in [-0.1, -0.05) is 74.5 Å². The Bertz CT molecular complexity index is 1400. The van der Waals surface area contributed by atoms with E-state index in [4.69, 9.17) is 11.6 Å². The number of nitrogens with zero attached hydrogens (tertiary/aromatic N) is 3. The number of aromatic nitrogens is 3.